The van der Waals surface area contributed by atoms with Crippen molar-refractivity contribution in [1.29, 1.82) is 0 Å². The molecule has 2 fully saturated rings. The fourth-order valence-electron chi connectivity index (χ4n) is 3.97. The molecule has 0 saturated carbocycles. The van der Waals surface area contributed by atoms with Crippen molar-refractivity contribution < 1.29 is 14.3 Å². The maximum Gasteiger partial charge on any atom is 0.270 e. The number of carbonyl (C=O) groups is 2. The van der Waals surface area contributed by atoms with Crippen LogP contribution in [0.2, 0.25) is 0 Å². The summed E-state index contributed by atoms with van der Waals surface area (Å²) >= 11 is 0. The largest absolute Gasteiger partial charge is 0.497 e. The van der Waals surface area contributed by atoms with Gasteiger partial charge in [-0.3, -0.25) is 14.5 Å². The molecule has 2 aromatic rings. The number of fused-ring (bicyclic) bond motifs is 2. The number of hydrogen-bond acceptors (Lipinski definition) is 4. The van der Waals surface area contributed by atoms with Crippen molar-refractivity contribution >= 4 is 22.7 Å². The van der Waals surface area contributed by atoms with Crippen molar-refractivity contribution in [2.24, 2.45) is 7.05 Å². The van der Waals surface area contributed by atoms with Crippen LogP contribution < -0.4 is 4.74 Å². The molecule has 7 nitrogen and oxygen atoms in total. The number of benzene rings is 1. The summed E-state index contributed by atoms with van der Waals surface area (Å²) in [5.41, 5.74) is 1.62. The first-order chi connectivity index (χ1) is 12.5. The Bertz CT molecular complexity index is 875. The Balaban J connectivity index is 1.60. The number of aryl methyl sites for hydroxylation is 1. The van der Waals surface area contributed by atoms with Crippen LogP contribution in [0.5, 0.6) is 5.75 Å². The summed E-state index contributed by atoms with van der Waals surface area (Å²) in [4.78, 5) is 31.4. The zero-order valence-corrected chi connectivity index (χ0v) is 15.4. The molecule has 2 aliphatic rings. The Hall–Kier alpha value is -2.54. The molecule has 1 unspecified atom stereocenters. The molecule has 0 bridgehead atoms. The highest BCUT2D eigenvalue weighted by molar-refractivity contribution is 5.99. The van der Waals surface area contributed by atoms with Crippen molar-refractivity contribution in [1.82, 2.24) is 19.3 Å². The lowest BCUT2D eigenvalue weighted by atomic mass is 10.1. The number of aromatic nitrogens is 1. The van der Waals surface area contributed by atoms with Crippen LogP contribution in [0.3, 0.4) is 0 Å². The van der Waals surface area contributed by atoms with Gasteiger partial charge in [0.25, 0.3) is 5.91 Å². The molecule has 1 atom stereocenters. The number of likely N-dealkylation sites (N-methyl/N-ethyl adjacent to an activating group) is 1. The van der Waals surface area contributed by atoms with Crippen LogP contribution in [0, 0.1) is 0 Å². The van der Waals surface area contributed by atoms with E-state index in [1.165, 1.54) is 0 Å². The lowest BCUT2D eigenvalue weighted by Gasteiger charge is -2.45. The minimum Gasteiger partial charge on any atom is -0.497 e. The minimum absolute atomic E-state index is 0.0247. The van der Waals surface area contributed by atoms with Crippen LogP contribution in [0.25, 0.3) is 10.9 Å². The van der Waals surface area contributed by atoms with Gasteiger partial charge in [0.2, 0.25) is 5.91 Å². The second kappa shape index (κ2) is 6.32. The number of nitrogens with zero attached hydrogens (tertiary/aromatic N) is 4. The molecule has 0 radical (unpaired) electrons. The van der Waals surface area contributed by atoms with Crippen molar-refractivity contribution in [2.75, 3.05) is 46.9 Å². The van der Waals surface area contributed by atoms with Crippen molar-refractivity contribution in [3.05, 3.63) is 30.0 Å². The van der Waals surface area contributed by atoms with Crippen molar-refractivity contribution in [3.8, 4) is 5.75 Å². The molecule has 2 saturated heterocycles. The second-order valence-electron chi connectivity index (χ2n) is 7.08. The van der Waals surface area contributed by atoms with Gasteiger partial charge in [0.1, 0.15) is 17.5 Å². The standard InChI is InChI=1S/C19H24N4O3/c1-20-6-7-22-8-9-23(12-17(22)18(20)24)19(25)16-11-13-10-14(26-3)4-5-15(13)21(16)2/h4-5,10-11,17H,6-9,12H2,1-3H3. The molecule has 0 aliphatic carbocycles. The summed E-state index contributed by atoms with van der Waals surface area (Å²) in [5, 5.41) is 0.974. The summed E-state index contributed by atoms with van der Waals surface area (Å²) in [6.45, 7) is 3.48. The Kier molecular flexibility index (Phi) is 4.11. The normalized spacial score (nSPS) is 21.2. The van der Waals surface area contributed by atoms with E-state index >= 15 is 0 Å². The van der Waals surface area contributed by atoms with E-state index in [1.807, 2.05) is 47.8 Å². The first kappa shape index (κ1) is 16.9. The first-order valence-corrected chi connectivity index (χ1v) is 8.91. The molecule has 2 amide bonds. The van der Waals surface area contributed by atoms with Gasteiger partial charge in [0.05, 0.1) is 7.11 Å². The summed E-state index contributed by atoms with van der Waals surface area (Å²) < 4.78 is 7.19. The summed E-state index contributed by atoms with van der Waals surface area (Å²) in [7, 11) is 5.36. The summed E-state index contributed by atoms with van der Waals surface area (Å²) in [6.07, 6.45) is 0. The van der Waals surface area contributed by atoms with Gasteiger partial charge in [-0.15, -0.1) is 0 Å². The van der Waals surface area contributed by atoms with Gasteiger partial charge in [-0.1, -0.05) is 0 Å². The molecule has 1 aromatic carbocycles. The van der Waals surface area contributed by atoms with Gasteiger partial charge < -0.3 is 19.1 Å². The lowest BCUT2D eigenvalue weighted by Crippen LogP contribution is -2.64. The Morgan fingerprint density at radius 2 is 1.88 bits per heavy atom. The molecular weight excluding hydrogens is 332 g/mol. The van der Waals surface area contributed by atoms with Crippen LogP contribution in [-0.2, 0) is 11.8 Å². The molecule has 2 aliphatic heterocycles. The third-order valence-electron chi connectivity index (χ3n) is 5.63. The molecule has 4 rings (SSSR count). The predicted octanol–water partition coefficient (Wildman–Crippen LogP) is 0.785. The Labute approximate surface area is 152 Å². The third-order valence-corrected chi connectivity index (χ3v) is 5.63. The quantitative estimate of drug-likeness (QED) is 0.798. The van der Waals surface area contributed by atoms with Crippen LogP contribution >= 0.6 is 0 Å². The van der Waals surface area contributed by atoms with Gasteiger partial charge in [-0.25, -0.2) is 0 Å². The second-order valence-corrected chi connectivity index (χ2v) is 7.08. The van der Waals surface area contributed by atoms with E-state index in [-0.39, 0.29) is 17.9 Å². The molecule has 0 spiro atoms. The van der Waals surface area contributed by atoms with Gasteiger partial charge >= 0.3 is 0 Å². The zero-order chi connectivity index (χ0) is 18.4. The number of rotatable bonds is 2. The minimum atomic E-state index is -0.221. The maximum atomic E-state index is 13.1. The van der Waals surface area contributed by atoms with Crippen LogP contribution in [0.4, 0.5) is 0 Å². The van der Waals surface area contributed by atoms with Crippen LogP contribution in [-0.4, -0.2) is 84.0 Å². The number of amides is 2. The number of ether oxygens (including phenoxy) is 1. The summed E-state index contributed by atoms with van der Waals surface area (Å²) in [6, 6.07) is 7.47. The fraction of sp³-hybridized carbons (Fsp3) is 0.474. The smallest absolute Gasteiger partial charge is 0.270 e. The number of carbonyl (C=O) groups excluding carboxylic acids is 2. The van der Waals surface area contributed by atoms with Crippen LogP contribution in [0.15, 0.2) is 24.3 Å². The van der Waals surface area contributed by atoms with E-state index in [4.69, 9.17) is 4.74 Å². The highest BCUT2D eigenvalue weighted by Gasteiger charge is 2.39. The van der Waals surface area contributed by atoms with E-state index < -0.39 is 0 Å². The molecule has 26 heavy (non-hydrogen) atoms. The Morgan fingerprint density at radius 1 is 1.12 bits per heavy atom. The number of methoxy groups -OCH3 is 1. The molecule has 1 aromatic heterocycles. The Morgan fingerprint density at radius 3 is 2.65 bits per heavy atom. The van der Waals surface area contributed by atoms with Crippen LogP contribution in [0.1, 0.15) is 10.5 Å². The monoisotopic (exact) mass is 356 g/mol. The van der Waals surface area contributed by atoms with Gasteiger partial charge in [-0.05, 0) is 24.3 Å². The maximum absolute atomic E-state index is 13.1. The van der Waals surface area contributed by atoms with E-state index in [1.54, 1.807) is 12.0 Å². The van der Waals surface area contributed by atoms with E-state index in [0.29, 0.717) is 18.8 Å². The van der Waals surface area contributed by atoms with E-state index in [9.17, 15) is 9.59 Å². The van der Waals surface area contributed by atoms with Gasteiger partial charge in [0.15, 0.2) is 0 Å². The molecule has 0 N–H and O–H groups in total. The number of piperazine rings is 2. The third kappa shape index (κ3) is 2.63. The topological polar surface area (TPSA) is 58.0 Å². The molecule has 3 heterocycles. The average molecular weight is 356 g/mol. The van der Waals surface area contributed by atoms with Crippen molar-refractivity contribution in [2.45, 2.75) is 6.04 Å². The molecular formula is C19H24N4O3. The van der Waals surface area contributed by atoms with E-state index in [0.717, 1.165) is 36.3 Å². The number of hydrogen-bond donors (Lipinski definition) is 0. The van der Waals surface area contributed by atoms with Crippen molar-refractivity contribution in [3.63, 3.8) is 0 Å². The lowest BCUT2D eigenvalue weighted by molar-refractivity contribution is -0.142. The molecule has 7 heteroatoms. The zero-order valence-electron chi connectivity index (χ0n) is 15.4. The fourth-order valence-corrected chi connectivity index (χ4v) is 3.97. The first-order valence-electron chi connectivity index (χ1n) is 8.91. The van der Waals surface area contributed by atoms with Gasteiger partial charge in [0, 0.05) is 57.7 Å². The van der Waals surface area contributed by atoms with E-state index in [2.05, 4.69) is 4.90 Å². The highest BCUT2D eigenvalue weighted by Crippen LogP contribution is 2.25. The molecule has 138 valence electrons. The average Bonchev–Trinajstić information content (AvgIpc) is 3.00. The predicted molar refractivity (Wildman–Crippen MR) is 98.4 cm³/mol. The summed E-state index contributed by atoms with van der Waals surface area (Å²) in [5.74, 6) is 0.852. The highest BCUT2D eigenvalue weighted by atomic mass is 16.5. The van der Waals surface area contributed by atoms with Gasteiger partial charge in [-0.2, -0.15) is 0 Å². The SMILES string of the molecule is COc1ccc2c(c1)cc(C(=O)N1CCN3CCN(C)C(=O)C3C1)n2C.